The Morgan fingerprint density at radius 3 is 2.35 bits per heavy atom. The van der Waals surface area contributed by atoms with Crippen LogP contribution < -0.4 is 5.32 Å². The fourth-order valence-corrected chi connectivity index (χ4v) is 2.28. The molecule has 0 aliphatic rings. The fourth-order valence-electron chi connectivity index (χ4n) is 2.28. The molecule has 1 unspecified atom stereocenters. The minimum absolute atomic E-state index is 0.147. The molecule has 0 bridgehead atoms. The van der Waals surface area contributed by atoms with E-state index < -0.39 is 22.7 Å². The van der Waals surface area contributed by atoms with E-state index in [2.05, 4.69) is 10.4 Å². The Morgan fingerprint density at radius 2 is 1.87 bits per heavy atom. The van der Waals surface area contributed by atoms with Gasteiger partial charge < -0.3 is 5.32 Å². The maximum absolute atomic E-state index is 12.6. The third-order valence-corrected chi connectivity index (χ3v) is 3.46. The summed E-state index contributed by atoms with van der Waals surface area (Å²) in [7, 11) is 1.56. The van der Waals surface area contributed by atoms with Crippen LogP contribution in [0, 0.1) is 17.0 Å². The number of rotatable bonds is 4. The van der Waals surface area contributed by atoms with Crippen molar-refractivity contribution in [3.63, 3.8) is 0 Å². The Bertz CT molecular complexity index is 723. The highest BCUT2D eigenvalue weighted by Gasteiger charge is 2.30. The Hall–Kier alpha value is -2.58. The van der Waals surface area contributed by atoms with E-state index in [-0.39, 0.29) is 17.2 Å². The van der Waals surface area contributed by atoms with Crippen LogP contribution in [0.4, 0.5) is 24.7 Å². The molecule has 1 heterocycles. The van der Waals surface area contributed by atoms with E-state index in [0.29, 0.717) is 5.56 Å². The SMILES string of the molecule is Cc1nn(C)c(NC(C)c2ccc(C(F)(F)F)cc2)c1[N+](=O)[O-]. The number of nitrogens with zero attached hydrogens (tertiary/aromatic N) is 3. The number of aromatic nitrogens is 2. The van der Waals surface area contributed by atoms with Gasteiger partial charge in [-0.05, 0) is 31.5 Å². The van der Waals surface area contributed by atoms with Gasteiger partial charge in [0.1, 0.15) is 5.69 Å². The molecule has 124 valence electrons. The molecule has 1 atom stereocenters. The second-order valence-corrected chi connectivity index (χ2v) is 5.15. The van der Waals surface area contributed by atoms with Gasteiger partial charge in [-0.15, -0.1) is 0 Å². The van der Waals surface area contributed by atoms with Crippen molar-refractivity contribution in [3.8, 4) is 0 Å². The molecule has 0 fully saturated rings. The monoisotopic (exact) mass is 328 g/mol. The third-order valence-electron chi connectivity index (χ3n) is 3.46. The van der Waals surface area contributed by atoms with Gasteiger partial charge in [0.15, 0.2) is 0 Å². The van der Waals surface area contributed by atoms with Crippen molar-refractivity contribution in [3.05, 3.63) is 51.2 Å². The summed E-state index contributed by atoms with van der Waals surface area (Å²) in [4.78, 5) is 10.6. The molecule has 6 nitrogen and oxygen atoms in total. The van der Waals surface area contributed by atoms with Gasteiger partial charge in [0.2, 0.25) is 5.82 Å². The smallest absolute Gasteiger partial charge is 0.358 e. The van der Waals surface area contributed by atoms with E-state index in [9.17, 15) is 23.3 Å². The van der Waals surface area contributed by atoms with Crippen molar-refractivity contribution in [2.45, 2.75) is 26.1 Å². The standard InChI is InChI=1S/C14H15F3N4O2/c1-8(10-4-6-11(7-5-10)14(15,16)17)18-13-12(21(22)23)9(2)19-20(13)3/h4-8,18H,1-3H3. The van der Waals surface area contributed by atoms with Crippen molar-refractivity contribution in [2.75, 3.05) is 5.32 Å². The molecular weight excluding hydrogens is 313 g/mol. The number of anilines is 1. The zero-order chi connectivity index (χ0) is 17.4. The van der Waals surface area contributed by atoms with Crippen molar-refractivity contribution in [2.24, 2.45) is 7.05 Å². The van der Waals surface area contributed by atoms with Crippen LogP contribution in [0.5, 0.6) is 0 Å². The summed E-state index contributed by atoms with van der Waals surface area (Å²) in [6, 6.07) is 4.23. The third kappa shape index (κ3) is 3.43. The molecule has 1 aromatic heterocycles. The number of hydrogen-bond donors (Lipinski definition) is 1. The topological polar surface area (TPSA) is 73.0 Å². The number of nitro groups is 1. The first kappa shape index (κ1) is 16.8. The molecule has 23 heavy (non-hydrogen) atoms. The predicted octanol–water partition coefficient (Wildman–Crippen LogP) is 3.83. The molecule has 0 saturated heterocycles. The minimum atomic E-state index is -4.40. The van der Waals surface area contributed by atoms with Gasteiger partial charge >= 0.3 is 11.9 Å². The zero-order valence-electron chi connectivity index (χ0n) is 12.7. The van der Waals surface area contributed by atoms with Crippen LogP contribution in [0.15, 0.2) is 24.3 Å². The summed E-state index contributed by atoms with van der Waals surface area (Å²) in [5, 5.41) is 18.0. The molecule has 0 radical (unpaired) electrons. The van der Waals surface area contributed by atoms with Crippen molar-refractivity contribution in [1.82, 2.24) is 9.78 Å². The van der Waals surface area contributed by atoms with Crippen LogP contribution in [0.3, 0.4) is 0 Å². The van der Waals surface area contributed by atoms with Crippen molar-refractivity contribution in [1.29, 1.82) is 0 Å². The van der Waals surface area contributed by atoms with Gasteiger partial charge in [-0.3, -0.25) is 10.1 Å². The highest BCUT2D eigenvalue weighted by Crippen LogP contribution is 2.32. The maximum atomic E-state index is 12.6. The Balaban J connectivity index is 2.26. The van der Waals surface area contributed by atoms with E-state index in [1.807, 2.05) is 0 Å². The highest BCUT2D eigenvalue weighted by molar-refractivity contribution is 5.60. The average Bonchev–Trinajstić information content (AvgIpc) is 2.72. The number of nitrogens with one attached hydrogen (secondary N) is 1. The second kappa shape index (κ2) is 5.90. The number of alkyl halides is 3. The molecule has 0 amide bonds. The quantitative estimate of drug-likeness (QED) is 0.684. The summed E-state index contributed by atoms with van der Waals surface area (Å²) >= 11 is 0. The number of aryl methyl sites for hydroxylation is 2. The van der Waals surface area contributed by atoms with Crippen LogP contribution in [-0.2, 0) is 13.2 Å². The average molecular weight is 328 g/mol. The minimum Gasteiger partial charge on any atom is -0.358 e. The van der Waals surface area contributed by atoms with Crippen molar-refractivity contribution >= 4 is 11.5 Å². The van der Waals surface area contributed by atoms with Crippen LogP contribution in [0.1, 0.15) is 29.8 Å². The predicted molar refractivity (Wildman–Crippen MR) is 78.1 cm³/mol. The molecule has 1 N–H and O–H groups in total. The van der Waals surface area contributed by atoms with Gasteiger partial charge in [0.05, 0.1) is 16.5 Å². The summed E-state index contributed by atoms with van der Waals surface area (Å²) < 4.78 is 39.0. The van der Waals surface area contributed by atoms with E-state index in [1.54, 1.807) is 14.0 Å². The Labute approximate surface area is 130 Å². The van der Waals surface area contributed by atoms with Crippen LogP contribution >= 0.6 is 0 Å². The van der Waals surface area contributed by atoms with E-state index in [1.165, 1.54) is 23.7 Å². The van der Waals surface area contributed by atoms with Crippen LogP contribution in [0.25, 0.3) is 0 Å². The van der Waals surface area contributed by atoms with Gasteiger partial charge in [-0.1, -0.05) is 12.1 Å². The lowest BCUT2D eigenvalue weighted by atomic mass is 10.1. The van der Waals surface area contributed by atoms with Crippen LogP contribution in [0.2, 0.25) is 0 Å². The molecule has 1 aromatic carbocycles. The lowest BCUT2D eigenvalue weighted by molar-refractivity contribution is -0.384. The summed E-state index contributed by atoms with van der Waals surface area (Å²) in [6.45, 7) is 3.22. The molecule has 0 spiro atoms. The van der Waals surface area contributed by atoms with Crippen molar-refractivity contribution < 1.29 is 18.1 Å². The van der Waals surface area contributed by atoms with Crippen LogP contribution in [-0.4, -0.2) is 14.7 Å². The van der Waals surface area contributed by atoms with Gasteiger partial charge in [0.25, 0.3) is 0 Å². The van der Waals surface area contributed by atoms with Gasteiger partial charge in [0, 0.05) is 7.05 Å². The largest absolute Gasteiger partial charge is 0.416 e. The van der Waals surface area contributed by atoms with E-state index in [4.69, 9.17) is 0 Å². The molecule has 0 aliphatic heterocycles. The Kier molecular flexibility index (Phi) is 4.31. The zero-order valence-corrected chi connectivity index (χ0v) is 12.7. The first-order chi connectivity index (χ1) is 10.6. The molecule has 2 rings (SSSR count). The van der Waals surface area contributed by atoms with E-state index >= 15 is 0 Å². The first-order valence-corrected chi connectivity index (χ1v) is 6.73. The summed E-state index contributed by atoms with van der Waals surface area (Å²) in [5.41, 5.74) is -0.0483. The fraction of sp³-hybridized carbons (Fsp3) is 0.357. The molecule has 2 aromatic rings. The lowest BCUT2D eigenvalue weighted by Gasteiger charge is -2.16. The highest BCUT2D eigenvalue weighted by atomic mass is 19.4. The Morgan fingerprint density at radius 1 is 1.30 bits per heavy atom. The normalized spacial score (nSPS) is 13.0. The maximum Gasteiger partial charge on any atom is 0.416 e. The summed E-state index contributed by atoms with van der Waals surface area (Å²) in [6.07, 6.45) is -4.40. The van der Waals surface area contributed by atoms with Gasteiger partial charge in [-0.2, -0.15) is 18.3 Å². The molecule has 0 aliphatic carbocycles. The molecule has 0 saturated carbocycles. The van der Waals surface area contributed by atoms with E-state index in [0.717, 1.165) is 12.1 Å². The number of benzene rings is 1. The van der Waals surface area contributed by atoms with Gasteiger partial charge in [-0.25, -0.2) is 4.68 Å². The molecular formula is C14H15F3N4O2. The lowest BCUT2D eigenvalue weighted by Crippen LogP contribution is -2.12. The second-order valence-electron chi connectivity index (χ2n) is 5.15. The first-order valence-electron chi connectivity index (χ1n) is 6.73. The number of hydrogen-bond acceptors (Lipinski definition) is 4. The molecule has 9 heteroatoms. The number of halogens is 3. The summed E-state index contributed by atoms with van der Waals surface area (Å²) in [5.74, 6) is 0.208.